The van der Waals surface area contributed by atoms with Gasteiger partial charge in [0.2, 0.25) is 11.6 Å². The van der Waals surface area contributed by atoms with E-state index in [0.717, 1.165) is 0 Å². The molecule has 1 heterocycles. The van der Waals surface area contributed by atoms with Crippen LogP contribution in [-0.4, -0.2) is 26.0 Å². The Labute approximate surface area is 63.7 Å². The van der Waals surface area contributed by atoms with Crippen molar-refractivity contribution in [2.75, 3.05) is 0 Å². The lowest BCUT2D eigenvalue weighted by Crippen LogP contribution is -2.01. The topological polar surface area (TPSA) is 60.7 Å². The normalized spacial score (nSPS) is 9.55. The van der Waals surface area contributed by atoms with Crippen LogP contribution in [-0.2, 0) is 7.05 Å². The van der Waals surface area contributed by atoms with E-state index in [1.54, 1.807) is 7.05 Å². The van der Waals surface area contributed by atoms with E-state index < -0.39 is 0 Å². The number of aryl methyl sites for hydroxylation is 1. The van der Waals surface area contributed by atoms with Gasteiger partial charge in [0, 0.05) is 6.42 Å². The number of allylic oxidation sites excluding steroid dienone is 1. The molecular weight excluding hydrogens is 144 g/mol. The number of Topliss-reactive ketones (excluding diaryl/α,β-unsaturated/α-hetero) is 1. The fourth-order valence-electron chi connectivity index (χ4n) is 0.618. The van der Waals surface area contributed by atoms with E-state index >= 15 is 0 Å². The highest BCUT2D eigenvalue weighted by Gasteiger charge is 2.08. The fourth-order valence-corrected chi connectivity index (χ4v) is 0.618. The van der Waals surface area contributed by atoms with E-state index in [9.17, 15) is 4.79 Å². The first-order chi connectivity index (χ1) is 5.24. The molecule has 0 unspecified atom stereocenters. The zero-order chi connectivity index (χ0) is 8.27. The van der Waals surface area contributed by atoms with E-state index in [4.69, 9.17) is 0 Å². The second-order valence-electron chi connectivity index (χ2n) is 2.02. The fraction of sp³-hybridized carbons (Fsp3) is 0.333. The van der Waals surface area contributed by atoms with Crippen molar-refractivity contribution in [3.63, 3.8) is 0 Å². The molecule has 1 aromatic rings. The predicted octanol–water partition coefficient (Wildman–Crippen LogP) is -0.0311. The molecule has 0 saturated heterocycles. The van der Waals surface area contributed by atoms with E-state index in [-0.39, 0.29) is 18.0 Å². The van der Waals surface area contributed by atoms with Gasteiger partial charge in [0.25, 0.3) is 0 Å². The Balaban J connectivity index is 2.76. The molecule has 0 aliphatic carbocycles. The Morgan fingerprint density at radius 1 is 1.82 bits per heavy atom. The molecule has 0 fully saturated rings. The Morgan fingerprint density at radius 3 is 3.00 bits per heavy atom. The number of nitrogens with zero attached hydrogens (tertiary/aromatic N) is 4. The third kappa shape index (κ3) is 1.70. The van der Waals surface area contributed by atoms with Crippen molar-refractivity contribution >= 4 is 5.78 Å². The number of ketones is 1. The van der Waals surface area contributed by atoms with Crippen LogP contribution in [0.15, 0.2) is 12.7 Å². The van der Waals surface area contributed by atoms with E-state index in [1.807, 2.05) is 0 Å². The molecule has 11 heavy (non-hydrogen) atoms. The van der Waals surface area contributed by atoms with Gasteiger partial charge in [-0.05, 0) is 5.21 Å². The molecule has 5 heteroatoms. The lowest BCUT2D eigenvalue weighted by atomic mass is 10.3. The first-order valence-corrected chi connectivity index (χ1v) is 3.12. The Bertz CT molecular complexity index is 278. The first-order valence-electron chi connectivity index (χ1n) is 3.12. The van der Waals surface area contributed by atoms with Crippen LogP contribution in [0.2, 0.25) is 0 Å². The van der Waals surface area contributed by atoms with Gasteiger partial charge in [0.15, 0.2) is 0 Å². The molecule has 0 N–H and O–H groups in total. The molecule has 0 saturated carbocycles. The minimum Gasteiger partial charge on any atom is -0.290 e. The van der Waals surface area contributed by atoms with Crippen molar-refractivity contribution < 1.29 is 4.79 Å². The van der Waals surface area contributed by atoms with Gasteiger partial charge in [0.05, 0.1) is 7.05 Å². The summed E-state index contributed by atoms with van der Waals surface area (Å²) < 4.78 is 0. The summed E-state index contributed by atoms with van der Waals surface area (Å²) in [7, 11) is 1.61. The van der Waals surface area contributed by atoms with Gasteiger partial charge in [-0.15, -0.1) is 16.8 Å². The van der Waals surface area contributed by atoms with Crippen LogP contribution < -0.4 is 0 Å². The van der Waals surface area contributed by atoms with E-state index in [1.165, 1.54) is 10.9 Å². The standard InChI is InChI=1S/C6H8N4O/c1-3-4-5(11)6-7-9-10(2)8-6/h3H,1,4H2,2H3. The summed E-state index contributed by atoms with van der Waals surface area (Å²) >= 11 is 0. The third-order valence-electron chi connectivity index (χ3n) is 1.09. The number of rotatable bonds is 3. The number of hydrogen-bond acceptors (Lipinski definition) is 4. The molecule has 0 amide bonds. The summed E-state index contributed by atoms with van der Waals surface area (Å²) in [6.07, 6.45) is 1.77. The Morgan fingerprint density at radius 2 is 2.55 bits per heavy atom. The van der Waals surface area contributed by atoms with Crippen LogP contribution >= 0.6 is 0 Å². The first kappa shape index (κ1) is 7.59. The lowest BCUT2D eigenvalue weighted by Gasteiger charge is -1.84. The van der Waals surface area contributed by atoms with Gasteiger partial charge in [0.1, 0.15) is 0 Å². The molecule has 1 aromatic heterocycles. The summed E-state index contributed by atoms with van der Waals surface area (Å²) in [6, 6.07) is 0. The average Bonchev–Trinajstić information content (AvgIpc) is 2.36. The second kappa shape index (κ2) is 3.05. The van der Waals surface area contributed by atoms with Crippen LogP contribution in [0.5, 0.6) is 0 Å². The number of hydrogen-bond donors (Lipinski definition) is 0. The maximum absolute atomic E-state index is 11.0. The number of tetrazole rings is 1. The van der Waals surface area contributed by atoms with Gasteiger partial charge < -0.3 is 0 Å². The lowest BCUT2D eigenvalue weighted by molar-refractivity contribution is 0.0985. The molecule has 0 aliphatic rings. The molecule has 0 spiro atoms. The van der Waals surface area contributed by atoms with Crippen molar-refractivity contribution in [1.82, 2.24) is 20.2 Å². The molecule has 58 valence electrons. The number of aromatic nitrogens is 4. The Kier molecular flexibility index (Phi) is 2.10. The van der Waals surface area contributed by atoms with Gasteiger partial charge in [-0.25, -0.2) is 0 Å². The SMILES string of the molecule is C=CCC(=O)c1nnn(C)n1. The highest BCUT2D eigenvalue weighted by Crippen LogP contribution is 1.93. The van der Waals surface area contributed by atoms with Crippen LogP contribution in [0.4, 0.5) is 0 Å². The highest BCUT2D eigenvalue weighted by atomic mass is 16.1. The molecule has 0 aromatic carbocycles. The summed E-state index contributed by atoms with van der Waals surface area (Å²) in [4.78, 5) is 12.3. The summed E-state index contributed by atoms with van der Waals surface area (Å²) in [6.45, 7) is 3.43. The van der Waals surface area contributed by atoms with Crippen molar-refractivity contribution in [1.29, 1.82) is 0 Å². The van der Waals surface area contributed by atoms with Gasteiger partial charge in [-0.3, -0.25) is 4.79 Å². The third-order valence-corrected chi connectivity index (χ3v) is 1.09. The molecule has 0 aliphatic heterocycles. The summed E-state index contributed by atoms with van der Waals surface area (Å²) in [5.41, 5.74) is 0. The number of carbonyl (C=O) groups is 1. The summed E-state index contributed by atoms with van der Waals surface area (Å²) in [5.74, 6) is -0.0134. The predicted molar refractivity (Wildman–Crippen MR) is 37.9 cm³/mol. The highest BCUT2D eigenvalue weighted by molar-refractivity contribution is 5.93. The molecular formula is C6H8N4O. The molecule has 0 atom stereocenters. The maximum atomic E-state index is 11.0. The average molecular weight is 152 g/mol. The van der Waals surface area contributed by atoms with Gasteiger partial charge in [-0.2, -0.15) is 4.80 Å². The minimum atomic E-state index is -0.159. The van der Waals surface area contributed by atoms with Crippen molar-refractivity contribution in [2.45, 2.75) is 6.42 Å². The van der Waals surface area contributed by atoms with E-state index in [0.29, 0.717) is 0 Å². The number of carbonyl (C=O) groups excluding carboxylic acids is 1. The van der Waals surface area contributed by atoms with Crippen molar-refractivity contribution in [2.24, 2.45) is 7.05 Å². The smallest absolute Gasteiger partial charge is 0.240 e. The Hall–Kier alpha value is -1.52. The summed E-state index contributed by atoms with van der Waals surface area (Å²) in [5, 5.41) is 10.8. The van der Waals surface area contributed by atoms with Crippen LogP contribution in [0, 0.1) is 0 Å². The van der Waals surface area contributed by atoms with Crippen molar-refractivity contribution in [3.05, 3.63) is 18.5 Å². The zero-order valence-electron chi connectivity index (χ0n) is 6.19. The van der Waals surface area contributed by atoms with Gasteiger partial charge >= 0.3 is 0 Å². The molecule has 0 bridgehead atoms. The molecule has 0 radical (unpaired) electrons. The van der Waals surface area contributed by atoms with Crippen LogP contribution in [0.3, 0.4) is 0 Å². The van der Waals surface area contributed by atoms with E-state index in [2.05, 4.69) is 22.0 Å². The zero-order valence-corrected chi connectivity index (χ0v) is 6.19. The molecule has 5 nitrogen and oxygen atoms in total. The van der Waals surface area contributed by atoms with Crippen molar-refractivity contribution in [3.8, 4) is 0 Å². The quantitative estimate of drug-likeness (QED) is 0.450. The van der Waals surface area contributed by atoms with Crippen LogP contribution in [0.1, 0.15) is 17.0 Å². The monoisotopic (exact) mass is 152 g/mol. The van der Waals surface area contributed by atoms with Gasteiger partial charge in [-0.1, -0.05) is 6.08 Å². The molecule has 1 rings (SSSR count). The minimum absolute atomic E-state index is 0.146. The van der Waals surface area contributed by atoms with Crippen LogP contribution in [0.25, 0.3) is 0 Å². The largest absolute Gasteiger partial charge is 0.290 e. The maximum Gasteiger partial charge on any atom is 0.240 e. The second-order valence-corrected chi connectivity index (χ2v) is 2.02.